The summed E-state index contributed by atoms with van der Waals surface area (Å²) in [5.41, 5.74) is 9.40. The largest absolute Gasteiger partial charge is 0.323 e. The second-order valence-corrected chi connectivity index (χ2v) is 5.77. The van der Waals surface area contributed by atoms with Crippen molar-refractivity contribution in [2.75, 3.05) is 6.54 Å². The van der Waals surface area contributed by atoms with Gasteiger partial charge in [-0.1, -0.05) is 31.2 Å². The predicted molar refractivity (Wildman–Crippen MR) is 75.5 cm³/mol. The lowest BCUT2D eigenvalue weighted by Gasteiger charge is -2.40. The Labute approximate surface area is 110 Å². The molecule has 1 aliphatic heterocycles. The molecule has 0 bridgehead atoms. The van der Waals surface area contributed by atoms with Gasteiger partial charge < -0.3 is 5.73 Å². The minimum atomic E-state index is 0.210. The number of fused-ring (bicyclic) bond motifs is 1. The predicted octanol–water partition coefficient (Wildman–Crippen LogP) is 2.88. The van der Waals surface area contributed by atoms with Crippen LogP contribution in [-0.2, 0) is 6.42 Å². The van der Waals surface area contributed by atoms with Crippen molar-refractivity contribution in [3.05, 3.63) is 35.4 Å². The van der Waals surface area contributed by atoms with E-state index in [1.165, 1.54) is 49.8 Å². The third-order valence-corrected chi connectivity index (χ3v) is 4.86. The quantitative estimate of drug-likeness (QED) is 0.867. The number of nitrogens with two attached hydrogens (primary N) is 1. The second kappa shape index (κ2) is 5.02. The summed E-state index contributed by atoms with van der Waals surface area (Å²) >= 11 is 0. The van der Waals surface area contributed by atoms with E-state index in [9.17, 15) is 0 Å². The molecule has 98 valence electrons. The van der Waals surface area contributed by atoms with E-state index in [0.29, 0.717) is 6.04 Å². The molecule has 2 nitrogen and oxygen atoms in total. The highest BCUT2D eigenvalue weighted by Gasteiger charge is 2.36. The van der Waals surface area contributed by atoms with Gasteiger partial charge in [0.2, 0.25) is 0 Å². The maximum absolute atomic E-state index is 6.55. The van der Waals surface area contributed by atoms with Gasteiger partial charge in [0, 0.05) is 18.1 Å². The third kappa shape index (κ3) is 1.98. The number of likely N-dealkylation sites (tertiary alicyclic amines) is 1. The number of aryl methyl sites for hydroxylation is 1. The van der Waals surface area contributed by atoms with Crippen molar-refractivity contribution in [3.63, 3.8) is 0 Å². The van der Waals surface area contributed by atoms with Crippen molar-refractivity contribution in [3.8, 4) is 0 Å². The maximum atomic E-state index is 6.55. The molecule has 1 heterocycles. The second-order valence-electron chi connectivity index (χ2n) is 5.77. The topological polar surface area (TPSA) is 29.3 Å². The first-order valence-electron chi connectivity index (χ1n) is 7.40. The van der Waals surface area contributed by atoms with Crippen molar-refractivity contribution in [2.24, 2.45) is 5.73 Å². The summed E-state index contributed by atoms with van der Waals surface area (Å²) in [6.07, 6.45) is 6.41. The Kier molecular flexibility index (Phi) is 3.40. The van der Waals surface area contributed by atoms with Crippen LogP contribution in [0.25, 0.3) is 0 Å². The summed E-state index contributed by atoms with van der Waals surface area (Å²) in [6, 6.07) is 10.3. The Bertz CT molecular complexity index is 415. The standard InChI is InChI=1S/C16H24N2/c1-2-13-7-5-11-18(13)15-10-9-12-6-3-4-8-14(12)16(15)17/h3-4,6,8,13,15-16H,2,5,7,9-11,17H2,1H3. The lowest BCUT2D eigenvalue weighted by atomic mass is 9.83. The molecule has 1 aromatic carbocycles. The normalized spacial score (nSPS) is 32.4. The Morgan fingerprint density at radius 3 is 2.94 bits per heavy atom. The number of benzene rings is 1. The van der Waals surface area contributed by atoms with E-state index in [4.69, 9.17) is 5.73 Å². The molecule has 3 rings (SSSR count). The van der Waals surface area contributed by atoms with E-state index in [1.807, 2.05) is 0 Å². The molecule has 1 saturated heterocycles. The van der Waals surface area contributed by atoms with Crippen LogP contribution in [0.4, 0.5) is 0 Å². The first-order valence-corrected chi connectivity index (χ1v) is 7.40. The molecule has 3 atom stereocenters. The van der Waals surface area contributed by atoms with Crippen molar-refractivity contribution in [1.82, 2.24) is 4.90 Å². The average molecular weight is 244 g/mol. The number of rotatable bonds is 2. The van der Waals surface area contributed by atoms with E-state index in [1.54, 1.807) is 0 Å². The zero-order chi connectivity index (χ0) is 12.5. The van der Waals surface area contributed by atoms with Crippen LogP contribution in [-0.4, -0.2) is 23.5 Å². The molecule has 0 aromatic heterocycles. The van der Waals surface area contributed by atoms with Gasteiger partial charge in [0.1, 0.15) is 0 Å². The van der Waals surface area contributed by atoms with Gasteiger partial charge in [-0.05, 0) is 49.8 Å². The monoisotopic (exact) mass is 244 g/mol. The van der Waals surface area contributed by atoms with E-state index >= 15 is 0 Å². The SMILES string of the molecule is CCC1CCCN1C1CCc2ccccc2C1N. The van der Waals surface area contributed by atoms with Gasteiger partial charge >= 0.3 is 0 Å². The fourth-order valence-electron chi connectivity index (χ4n) is 3.88. The molecule has 2 heteroatoms. The summed E-state index contributed by atoms with van der Waals surface area (Å²) in [4.78, 5) is 2.70. The zero-order valence-corrected chi connectivity index (χ0v) is 11.3. The summed E-state index contributed by atoms with van der Waals surface area (Å²) in [5, 5.41) is 0. The lowest BCUT2D eigenvalue weighted by Crippen LogP contribution is -2.47. The molecule has 2 N–H and O–H groups in total. The fourth-order valence-corrected chi connectivity index (χ4v) is 3.88. The van der Waals surface area contributed by atoms with Crippen LogP contribution in [0.1, 0.15) is 49.8 Å². The molecule has 0 amide bonds. The minimum absolute atomic E-state index is 0.210. The third-order valence-electron chi connectivity index (χ3n) is 4.86. The van der Waals surface area contributed by atoms with Gasteiger partial charge in [-0.15, -0.1) is 0 Å². The minimum Gasteiger partial charge on any atom is -0.323 e. The van der Waals surface area contributed by atoms with Crippen LogP contribution >= 0.6 is 0 Å². The van der Waals surface area contributed by atoms with Gasteiger partial charge in [0.05, 0.1) is 0 Å². The summed E-state index contributed by atoms with van der Waals surface area (Å²) in [5.74, 6) is 0. The van der Waals surface area contributed by atoms with Crippen LogP contribution in [0.5, 0.6) is 0 Å². The molecule has 0 radical (unpaired) electrons. The molecule has 1 fully saturated rings. The molecule has 1 aromatic rings. The van der Waals surface area contributed by atoms with Crippen LogP contribution < -0.4 is 5.73 Å². The summed E-state index contributed by atoms with van der Waals surface area (Å²) in [7, 11) is 0. The zero-order valence-electron chi connectivity index (χ0n) is 11.3. The molecule has 3 unspecified atom stereocenters. The number of hydrogen-bond donors (Lipinski definition) is 1. The Morgan fingerprint density at radius 2 is 2.11 bits per heavy atom. The van der Waals surface area contributed by atoms with Crippen molar-refractivity contribution in [2.45, 2.75) is 57.2 Å². The Balaban J connectivity index is 1.84. The molecule has 1 aliphatic carbocycles. The Morgan fingerprint density at radius 1 is 1.28 bits per heavy atom. The molecule has 0 spiro atoms. The molecular formula is C16H24N2. The van der Waals surface area contributed by atoms with Crippen molar-refractivity contribution in [1.29, 1.82) is 0 Å². The van der Waals surface area contributed by atoms with E-state index < -0.39 is 0 Å². The highest BCUT2D eigenvalue weighted by molar-refractivity contribution is 5.33. The van der Waals surface area contributed by atoms with E-state index in [-0.39, 0.29) is 6.04 Å². The fraction of sp³-hybridized carbons (Fsp3) is 0.625. The van der Waals surface area contributed by atoms with E-state index in [0.717, 1.165) is 6.04 Å². The average Bonchev–Trinajstić information content (AvgIpc) is 2.88. The maximum Gasteiger partial charge on any atom is 0.0456 e. The summed E-state index contributed by atoms with van der Waals surface area (Å²) < 4.78 is 0. The molecule has 18 heavy (non-hydrogen) atoms. The van der Waals surface area contributed by atoms with Gasteiger partial charge in [-0.2, -0.15) is 0 Å². The van der Waals surface area contributed by atoms with Crippen LogP contribution in [0.2, 0.25) is 0 Å². The summed E-state index contributed by atoms with van der Waals surface area (Å²) in [6.45, 7) is 3.56. The molecular weight excluding hydrogens is 220 g/mol. The first kappa shape index (κ1) is 12.2. The first-order chi connectivity index (χ1) is 8.81. The van der Waals surface area contributed by atoms with Gasteiger partial charge in [0.25, 0.3) is 0 Å². The highest BCUT2D eigenvalue weighted by atomic mass is 15.2. The molecule has 0 saturated carbocycles. The van der Waals surface area contributed by atoms with Gasteiger partial charge in [0.15, 0.2) is 0 Å². The number of nitrogens with zero attached hydrogens (tertiary/aromatic N) is 1. The Hall–Kier alpha value is -0.860. The smallest absolute Gasteiger partial charge is 0.0456 e. The van der Waals surface area contributed by atoms with Crippen LogP contribution in [0.3, 0.4) is 0 Å². The van der Waals surface area contributed by atoms with Crippen molar-refractivity contribution < 1.29 is 0 Å². The van der Waals surface area contributed by atoms with Crippen molar-refractivity contribution >= 4 is 0 Å². The molecule has 2 aliphatic rings. The van der Waals surface area contributed by atoms with E-state index in [2.05, 4.69) is 36.1 Å². The van der Waals surface area contributed by atoms with Gasteiger partial charge in [-0.25, -0.2) is 0 Å². The van der Waals surface area contributed by atoms with Crippen LogP contribution in [0.15, 0.2) is 24.3 Å². The van der Waals surface area contributed by atoms with Gasteiger partial charge in [-0.3, -0.25) is 4.90 Å². The lowest BCUT2D eigenvalue weighted by molar-refractivity contribution is 0.138. The number of hydrogen-bond acceptors (Lipinski definition) is 2. The van der Waals surface area contributed by atoms with Crippen LogP contribution in [0, 0.1) is 0 Å². The highest BCUT2D eigenvalue weighted by Crippen LogP contribution is 2.35.